The molecular formula is C31H34ClFN4O3. The smallest absolute Gasteiger partial charge is 0.246 e. The molecule has 9 heteroatoms. The minimum Gasteiger partial charge on any atom is -0.512 e. The molecule has 0 spiro atoms. The highest BCUT2D eigenvalue weighted by Gasteiger charge is 2.31. The van der Waals surface area contributed by atoms with E-state index >= 15 is 0 Å². The molecule has 7 nitrogen and oxygen atoms in total. The molecule has 0 aromatic heterocycles. The van der Waals surface area contributed by atoms with Crippen molar-refractivity contribution in [3.8, 4) is 0 Å². The minimum atomic E-state index is -0.563. The lowest BCUT2D eigenvalue weighted by molar-refractivity contribution is -0.128. The van der Waals surface area contributed by atoms with Crippen molar-refractivity contribution in [2.45, 2.75) is 45.6 Å². The van der Waals surface area contributed by atoms with Crippen LogP contribution in [0, 0.1) is 0 Å². The van der Waals surface area contributed by atoms with Crippen molar-refractivity contribution in [1.29, 1.82) is 0 Å². The van der Waals surface area contributed by atoms with Gasteiger partial charge < -0.3 is 20.2 Å². The maximum absolute atomic E-state index is 14.8. The molecule has 0 bridgehead atoms. The number of piperazine rings is 1. The van der Waals surface area contributed by atoms with Gasteiger partial charge in [0.2, 0.25) is 12.3 Å². The quantitative estimate of drug-likeness (QED) is 0.169. The molecule has 2 aromatic rings. The van der Waals surface area contributed by atoms with Crippen molar-refractivity contribution in [1.82, 2.24) is 9.80 Å². The number of aliphatic imine (C=N–C) groups is 1. The molecule has 0 radical (unpaired) electrons. The molecule has 210 valence electrons. The van der Waals surface area contributed by atoms with Gasteiger partial charge in [-0.25, -0.2) is 9.38 Å². The van der Waals surface area contributed by atoms with E-state index in [1.54, 1.807) is 17.0 Å². The maximum Gasteiger partial charge on any atom is 0.246 e. The van der Waals surface area contributed by atoms with Gasteiger partial charge in [0.1, 0.15) is 17.4 Å². The number of amides is 2. The van der Waals surface area contributed by atoms with Crippen molar-refractivity contribution in [2.75, 3.05) is 25.0 Å². The highest BCUT2D eigenvalue weighted by atomic mass is 35.5. The molecule has 2 aliphatic rings. The van der Waals surface area contributed by atoms with Gasteiger partial charge >= 0.3 is 0 Å². The monoisotopic (exact) mass is 564 g/mol. The summed E-state index contributed by atoms with van der Waals surface area (Å²) in [5.41, 5.74) is 3.01. The van der Waals surface area contributed by atoms with Crippen molar-refractivity contribution >= 4 is 46.7 Å². The molecule has 1 fully saturated rings. The first kappa shape index (κ1) is 29.1. The second-order valence-corrected chi connectivity index (χ2v) is 10.6. The van der Waals surface area contributed by atoms with Crippen molar-refractivity contribution in [3.63, 3.8) is 0 Å². The number of nitrogens with zero attached hydrogens (tertiary/aromatic N) is 3. The number of carbonyl (C=O) groups is 2. The Balaban J connectivity index is 1.91. The summed E-state index contributed by atoms with van der Waals surface area (Å²) in [7, 11) is 0. The fraction of sp³-hybridized carbons (Fsp3) is 0.323. The zero-order valence-corrected chi connectivity index (χ0v) is 23.7. The molecule has 0 saturated carbocycles. The average molecular weight is 565 g/mol. The van der Waals surface area contributed by atoms with E-state index in [2.05, 4.69) is 30.6 Å². The van der Waals surface area contributed by atoms with E-state index in [-0.39, 0.29) is 39.8 Å². The first-order valence-electron chi connectivity index (χ1n) is 13.3. The number of amidine groups is 1. The normalized spacial score (nSPS) is 18.1. The number of hydrogen-bond acceptors (Lipinski definition) is 4. The third-order valence-corrected chi connectivity index (χ3v) is 7.55. The summed E-state index contributed by atoms with van der Waals surface area (Å²) < 4.78 is 14.8. The van der Waals surface area contributed by atoms with Crippen LogP contribution in [0.4, 0.5) is 15.8 Å². The van der Waals surface area contributed by atoms with Gasteiger partial charge in [-0.1, -0.05) is 50.2 Å². The second kappa shape index (κ2) is 12.5. The molecule has 1 atom stereocenters. The Kier molecular flexibility index (Phi) is 9.10. The molecule has 1 aliphatic heterocycles. The van der Waals surface area contributed by atoms with E-state index in [0.29, 0.717) is 56.0 Å². The van der Waals surface area contributed by atoms with Crippen LogP contribution in [0.2, 0.25) is 5.02 Å². The van der Waals surface area contributed by atoms with Crippen LogP contribution in [0.25, 0.3) is 5.57 Å². The molecule has 1 unspecified atom stereocenters. The largest absolute Gasteiger partial charge is 0.512 e. The van der Waals surface area contributed by atoms with Crippen molar-refractivity contribution < 1.29 is 19.1 Å². The van der Waals surface area contributed by atoms with Gasteiger partial charge in [0.15, 0.2) is 0 Å². The first-order valence-corrected chi connectivity index (χ1v) is 13.7. The third kappa shape index (κ3) is 5.97. The molecule has 2 N–H and O–H groups in total. The van der Waals surface area contributed by atoms with Gasteiger partial charge in [0, 0.05) is 48.2 Å². The van der Waals surface area contributed by atoms with E-state index in [4.69, 9.17) is 16.6 Å². The van der Waals surface area contributed by atoms with Gasteiger partial charge in [-0.3, -0.25) is 9.59 Å². The predicted molar refractivity (Wildman–Crippen MR) is 159 cm³/mol. The van der Waals surface area contributed by atoms with Crippen LogP contribution in [0.3, 0.4) is 0 Å². The van der Waals surface area contributed by atoms with Crippen LogP contribution in [0.15, 0.2) is 71.7 Å². The van der Waals surface area contributed by atoms with E-state index in [1.807, 2.05) is 31.2 Å². The highest BCUT2D eigenvalue weighted by Crippen LogP contribution is 2.40. The average Bonchev–Trinajstić information content (AvgIpc) is 2.93. The summed E-state index contributed by atoms with van der Waals surface area (Å²) in [6, 6.07) is 10.9. The SMILES string of the molecule is C=CC(=O)N1CCN(C(=Nc2ccccc2C(C)C)c2cc(Cl)c(C3=C(O)CCC=C3F)cc2NC=O)C(C)C1. The molecular weight excluding hydrogens is 531 g/mol. The summed E-state index contributed by atoms with van der Waals surface area (Å²) >= 11 is 6.76. The van der Waals surface area contributed by atoms with Gasteiger partial charge in [-0.05, 0) is 55.2 Å². The van der Waals surface area contributed by atoms with Gasteiger partial charge in [0.25, 0.3) is 0 Å². The Morgan fingerprint density at radius 1 is 1.27 bits per heavy atom. The van der Waals surface area contributed by atoms with Crippen LogP contribution in [0.5, 0.6) is 0 Å². The summed E-state index contributed by atoms with van der Waals surface area (Å²) in [6.45, 7) is 11.2. The highest BCUT2D eigenvalue weighted by molar-refractivity contribution is 6.33. The number of benzene rings is 2. The molecule has 2 aromatic carbocycles. The fourth-order valence-electron chi connectivity index (χ4n) is 5.19. The number of nitrogens with one attached hydrogen (secondary N) is 1. The summed E-state index contributed by atoms with van der Waals surface area (Å²) in [4.78, 5) is 33.0. The van der Waals surface area contributed by atoms with E-state index in [9.17, 15) is 19.1 Å². The third-order valence-electron chi connectivity index (χ3n) is 7.23. The lowest BCUT2D eigenvalue weighted by Crippen LogP contribution is -2.55. The summed E-state index contributed by atoms with van der Waals surface area (Å²) in [6.07, 6.45) is 3.95. The molecule has 1 saturated heterocycles. The summed E-state index contributed by atoms with van der Waals surface area (Å²) in [5.74, 6) is -0.0337. The Morgan fingerprint density at radius 2 is 2.02 bits per heavy atom. The topological polar surface area (TPSA) is 85.2 Å². The zero-order chi connectivity index (χ0) is 29.0. The molecule has 1 aliphatic carbocycles. The predicted octanol–water partition coefficient (Wildman–Crippen LogP) is 6.75. The summed E-state index contributed by atoms with van der Waals surface area (Å²) in [5, 5.41) is 13.4. The standard InChI is InChI=1S/C31H34ClFN4O3/c1-5-29(40)36-13-14-37(20(4)17-36)31(35-26-11-7-6-9-21(26)19(2)3)23-15-24(32)22(16-27(23)34-18-38)30-25(33)10-8-12-28(30)39/h5-7,9-11,15-16,18-20,39H,1,8,12-14,17H2,2-4H3,(H,34,38). The van der Waals surface area contributed by atoms with Crippen LogP contribution < -0.4 is 5.32 Å². The Bertz CT molecular complexity index is 1420. The molecule has 4 rings (SSSR count). The number of halogens is 2. The maximum atomic E-state index is 14.8. The number of para-hydroxylation sites is 1. The molecule has 40 heavy (non-hydrogen) atoms. The van der Waals surface area contributed by atoms with E-state index in [1.165, 1.54) is 12.2 Å². The van der Waals surface area contributed by atoms with Gasteiger partial charge in [-0.15, -0.1) is 0 Å². The number of aliphatic hydroxyl groups excluding tert-OH is 1. The van der Waals surface area contributed by atoms with E-state index in [0.717, 1.165) is 11.3 Å². The first-order chi connectivity index (χ1) is 19.2. The van der Waals surface area contributed by atoms with Crippen LogP contribution in [-0.4, -0.2) is 58.7 Å². The number of allylic oxidation sites excluding steroid dienone is 4. The Hall–Kier alpha value is -3.91. The van der Waals surface area contributed by atoms with Crippen molar-refractivity contribution in [3.05, 3.63) is 88.4 Å². The van der Waals surface area contributed by atoms with Crippen LogP contribution in [-0.2, 0) is 9.59 Å². The fourth-order valence-corrected chi connectivity index (χ4v) is 5.45. The minimum absolute atomic E-state index is 0.0188. The Morgan fingerprint density at radius 3 is 2.67 bits per heavy atom. The molecule has 2 amide bonds. The lowest BCUT2D eigenvalue weighted by Gasteiger charge is -2.41. The van der Waals surface area contributed by atoms with Crippen LogP contribution in [0.1, 0.15) is 56.2 Å². The van der Waals surface area contributed by atoms with E-state index < -0.39 is 5.83 Å². The van der Waals surface area contributed by atoms with Crippen molar-refractivity contribution in [2.24, 2.45) is 4.99 Å². The number of hydrogen-bond donors (Lipinski definition) is 2. The number of anilines is 1. The van der Waals surface area contributed by atoms with Gasteiger partial charge in [0.05, 0.1) is 16.9 Å². The van der Waals surface area contributed by atoms with Gasteiger partial charge in [-0.2, -0.15) is 0 Å². The lowest BCUT2D eigenvalue weighted by atomic mass is 9.94. The van der Waals surface area contributed by atoms with Crippen LogP contribution >= 0.6 is 11.6 Å². The Labute approximate surface area is 239 Å². The molecule has 1 heterocycles. The second-order valence-electron chi connectivity index (χ2n) is 10.2. The number of carbonyl (C=O) groups excluding carboxylic acids is 2. The number of rotatable bonds is 7. The zero-order valence-electron chi connectivity index (χ0n) is 23.0. The number of aliphatic hydroxyl groups is 1.